The second-order valence-electron chi connectivity index (χ2n) is 5.22. The summed E-state index contributed by atoms with van der Waals surface area (Å²) >= 11 is 5.09. The average Bonchev–Trinajstić information content (AvgIpc) is 2.39. The Morgan fingerprint density at radius 3 is 2.05 bits per heavy atom. The Bertz CT molecular complexity index is 275. The van der Waals surface area contributed by atoms with Gasteiger partial charge in [0, 0.05) is 6.42 Å². The molecule has 0 aromatic carbocycles. The van der Waals surface area contributed by atoms with Crippen molar-refractivity contribution in [3.63, 3.8) is 0 Å². The first kappa shape index (κ1) is 18.4. The van der Waals surface area contributed by atoms with Gasteiger partial charge in [0.25, 0.3) is 0 Å². The third-order valence-corrected chi connectivity index (χ3v) is 4.21. The summed E-state index contributed by atoms with van der Waals surface area (Å²) < 4.78 is 0. The summed E-state index contributed by atoms with van der Waals surface area (Å²) in [5.74, 6) is 0.0759. The van der Waals surface area contributed by atoms with Crippen LogP contribution >= 0.6 is 12.2 Å². The lowest BCUT2D eigenvalue weighted by Crippen LogP contribution is -2.55. The van der Waals surface area contributed by atoms with Crippen molar-refractivity contribution in [2.45, 2.75) is 84.1 Å². The highest BCUT2D eigenvalue weighted by molar-refractivity contribution is 7.80. The second-order valence-corrected chi connectivity index (χ2v) is 5.66. The van der Waals surface area contributed by atoms with Crippen LogP contribution in [0.2, 0.25) is 0 Å². The summed E-state index contributed by atoms with van der Waals surface area (Å²) in [6, 6.07) is 0. The predicted molar refractivity (Wildman–Crippen MR) is 86.2 cm³/mol. The summed E-state index contributed by atoms with van der Waals surface area (Å²) in [5.41, 5.74) is 5.28. The molecule has 0 aliphatic heterocycles. The fourth-order valence-corrected chi connectivity index (χ4v) is 2.57. The van der Waals surface area contributed by atoms with E-state index in [0.29, 0.717) is 11.4 Å². The zero-order chi connectivity index (χ0) is 14.7. The van der Waals surface area contributed by atoms with Crippen molar-refractivity contribution in [2.24, 2.45) is 5.73 Å². The van der Waals surface area contributed by atoms with Gasteiger partial charge in [-0.05, 0) is 19.3 Å². The van der Waals surface area contributed by atoms with Crippen molar-refractivity contribution in [2.75, 3.05) is 0 Å². The third kappa shape index (κ3) is 6.90. The molecule has 0 aliphatic rings. The van der Waals surface area contributed by atoms with Gasteiger partial charge in [-0.15, -0.1) is 0 Å². The van der Waals surface area contributed by atoms with Crippen LogP contribution in [0.3, 0.4) is 0 Å². The Kier molecular flexibility index (Phi) is 9.84. The van der Waals surface area contributed by atoms with Crippen LogP contribution in [-0.4, -0.2) is 16.4 Å². The lowest BCUT2D eigenvalue weighted by molar-refractivity contribution is -0.122. The molecule has 0 rings (SSSR count). The maximum atomic E-state index is 11.9. The van der Waals surface area contributed by atoms with Gasteiger partial charge >= 0.3 is 0 Å². The molecular weight excluding hydrogens is 256 g/mol. The molecule has 0 aromatic rings. The number of carbonyl (C=O) groups is 1. The number of thiocarbonyl (C=S) groups is 1. The van der Waals surface area contributed by atoms with Crippen molar-refractivity contribution in [3.05, 3.63) is 0 Å². The topological polar surface area (TPSA) is 55.1 Å². The Morgan fingerprint density at radius 2 is 1.58 bits per heavy atom. The number of nitrogens with two attached hydrogens (primary N) is 1. The maximum absolute atomic E-state index is 11.9. The van der Waals surface area contributed by atoms with Gasteiger partial charge in [0.15, 0.2) is 0 Å². The first-order valence-electron chi connectivity index (χ1n) is 7.63. The maximum Gasteiger partial charge on any atom is 0.220 e. The van der Waals surface area contributed by atoms with Gasteiger partial charge in [0.2, 0.25) is 5.91 Å². The number of carbonyl (C=O) groups excluding carboxylic acids is 1. The Labute approximate surface area is 123 Å². The van der Waals surface area contributed by atoms with E-state index in [-0.39, 0.29) is 5.91 Å². The molecule has 0 spiro atoms. The van der Waals surface area contributed by atoms with Crippen LogP contribution in [0, 0.1) is 0 Å². The first-order chi connectivity index (χ1) is 9.02. The minimum absolute atomic E-state index is 0.0759. The van der Waals surface area contributed by atoms with Crippen molar-refractivity contribution >= 4 is 23.1 Å². The van der Waals surface area contributed by atoms with E-state index in [9.17, 15) is 4.79 Å². The highest BCUT2D eigenvalue weighted by atomic mass is 32.1. The zero-order valence-corrected chi connectivity index (χ0v) is 13.6. The van der Waals surface area contributed by atoms with E-state index < -0.39 is 5.54 Å². The molecule has 112 valence electrons. The minimum Gasteiger partial charge on any atom is -0.391 e. The van der Waals surface area contributed by atoms with Crippen molar-refractivity contribution in [3.8, 4) is 0 Å². The molecular formula is C15H30N2OS. The molecule has 0 aromatic heterocycles. The molecule has 1 amide bonds. The predicted octanol–water partition coefficient (Wildman–Crippen LogP) is 3.70. The SMILES string of the molecule is CCCCCCCCC(=O)NC(CC)(CC)C(N)=S. The van der Waals surface area contributed by atoms with Crippen LogP contribution in [-0.2, 0) is 4.79 Å². The summed E-state index contributed by atoms with van der Waals surface area (Å²) in [6.45, 7) is 6.22. The van der Waals surface area contributed by atoms with Crippen LogP contribution < -0.4 is 11.1 Å². The standard InChI is InChI=1S/C15H30N2OS/c1-4-7-8-9-10-11-12-13(18)17-15(5-2,6-3)14(16)19/h4-12H2,1-3H3,(H2,16,19)(H,17,18). The van der Waals surface area contributed by atoms with Gasteiger partial charge in [-0.1, -0.05) is 65.1 Å². The average molecular weight is 286 g/mol. The van der Waals surface area contributed by atoms with Gasteiger partial charge in [-0.3, -0.25) is 4.79 Å². The van der Waals surface area contributed by atoms with E-state index in [1.54, 1.807) is 0 Å². The monoisotopic (exact) mass is 286 g/mol. The fourth-order valence-electron chi connectivity index (χ4n) is 2.23. The summed E-state index contributed by atoms with van der Waals surface area (Å²) in [5, 5.41) is 3.03. The van der Waals surface area contributed by atoms with Gasteiger partial charge in [-0.25, -0.2) is 0 Å². The molecule has 3 nitrogen and oxygen atoms in total. The van der Waals surface area contributed by atoms with Crippen molar-refractivity contribution < 1.29 is 4.79 Å². The van der Waals surface area contributed by atoms with Crippen molar-refractivity contribution in [1.29, 1.82) is 0 Å². The molecule has 0 saturated carbocycles. The number of hydrogen-bond acceptors (Lipinski definition) is 2. The van der Waals surface area contributed by atoms with Gasteiger partial charge in [0.1, 0.15) is 0 Å². The number of rotatable bonds is 11. The van der Waals surface area contributed by atoms with E-state index in [4.69, 9.17) is 18.0 Å². The fraction of sp³-hybridized carbons (Fsp3) is 0.867. The van der Waals surface area contributed by atoms with Crippen molar-refractivity contribution in [1.82, 2.24) is 5.32 Å². The summed E-state index contributed by atoms with van der Waals surface area (Å²) in [6.07, 6.45) is 9.22. The van der Waals surface area contributed by atoms with E-state index in [1.807, 2.05) is 13.8 Å². The van der Waals surface area contributed by atoms with Crippen LogP contribution in [0.4, 0.5) is 0 Å². The molecule has 0 saturated heterocycles. The Morgan fingerprint density at radius 1 is 1.05 bits per heavy atom. The summed E-state index contributed by atoms with van der Waals surface area (Å²) in [4.78, 5) is 12.3. The lowest BCUT2D eigenvalue weighted by Gasteiger charge is -2.31. The molecule has 3 N–H and O–H groups in total. The Balaban J connectivity index is 3.98. The number of nitrogens with one attached hydrogen (secondary N) is 1. The van der Waals surface area contributed by atoms with E-state index >= 15 is 0 Å². The highest BCUT2D eigenvalue weighted by Crippen LogP contribution is 2.16. The van der Waals surface area contributed by atoms with Gasteiger partial charge < -0.3 is 11.1 Å². The normalized spacial score (nSPS) is 11.3. The van der Waals surface area contributed by atoms with E-state index in [2.05, 4.69) is 12.2 Å². The Hall–Kier alpha value is -0.640. The smallest absolute Gasteiger partial charge is 0.220 e. The molecule has 0 atom stereocenters. The molecule has 0 heterocycles. The van der Waals surface area contributed by atoms with E-state index in [1.165, 1.54) is 25.7 Å². The molecule has 0 aliphatic carbocycles. The van der Waals surface area contributed by atoms with Crippen LogP contribution in [0.25, 0.3) is 0 Å². The number of unbranched alkanes of at least 4 members (excludes halogenated alkanes) is 5. The quantitative estimate of drug-likeness (QED) is 0.450. The third-order valence-electron chi connectivity index (χ3n) is 3.81. The zero-order valence-electron chi connectivity index (χ0n) is 12.8. The lowest BCUT2D eigenvalue weighted by atomic mass is 9.92. The molecule has 0 unspecified atom stereocenters. The highest BCUT2D eigenvalue weighted by Gasteiger charge is 2.30. The second kappa shape index (κ2) is 10.2. The van der Waals surface area contributed by atoms with Crippen LogP contribution in [0.15, 0.2) is 0 Å². The van der Waals surface area contributed by atoms with E-state index in [0.717, 1.165) is 25.7 Å². The van der Waals surface area contributed by atoms with Crippen LogP contribution in [0.1, 0.15) is 78.6 Å². The number of hydrogen-bond donors (Lipinski definition) is 2. The summed E-state index contributed by atoms with van der Waals surface area (Å²) in [7, 11) is 0. The molecule has 19 heavy (non-hydrogen) atoms. The molecule has 0 radical (unpaired) electrons. The first-order valence-corrected chi connectivity index (χ1v) is 8.04. The molecule has 4 heteroatoms. The molecule has 0 bridgehead atoms. The number of amides is 1. The largest absolute Gasteiger partial charge is 0.391 e. The van der Waals surface area contributed by atoms with Gasteiger partial charge in [0.05, 0.1) is 10.5 Å². The van der Waals surface area contributed by atoms with Gasteiger partial charge in [-0.2, -0.15) is 0 Å². The van der Waals surface area contributed by atoms with Crippen LogP contribution in [0.5, 0.6) is 0 Å². The molecule has 0 fully saturated rings. The minimum atomic E-state index is -0.491.